The molecule has 2 heterocycles. The van der Waals surface area contributed by atoms with Crippen molar-refractivity contribution < 1.29 is 14.4 Å². The summed E-state index contributed by atoms with van der Waals surface area (Å²) in [6.07, 6.45) is 0.105. The van der Waals surface area contributed by atoms with Gasteiger partial charge < -0.3 is 20.4 Å². The van der Waals surface area contributed by atoms with Crippen LogP contribution in [0.15, 0.2) is 29.6 Å². The van der Waals surface area contributed by atoms with E-state index in [9.17, 15) is 14.4 Å². The Balaban J connectivity index is 1.48. The zero-order valence-electron chi connectivity index (χ0n) is 16.4. The van der Waals surface area contributed by atoms with Crippen molar-refractivity contribution >= 4 is 45.7 Å². The topological polar surface area (TPSA) is 107 Å². The molecule has 3 rings (SSSR count). The van der Waals surface area contributed by atoms with Crippen molar-refractivity contribution in [3.05, 3.63) is 35.3 Å². The number of hydrogen-bond donors (Lipinski definition) is 3. The van der Waals surface area contributed by atoms with Gasteiger partial charge in [-0.2, -0.15) is 0 Å². The van der Waals surface area contributed by atoms with Crippen molar-refractivity contribution in [2.45, 2.75) is 13.3 Å². The van der Waals surface area contributed by atoms with E-state index >= 15 is 0 Å². The summed E-state index contributed by atoms with van der Waals surface area (Å²) in [5.41, 5.74) is 1.88. The molecule has 0 saturated carbocycles. The van der Waals surface area contributed by atoms with Gasteiger partial charge in [-0.05, 0) is 31.3 Å². The monoisotopic (exact) mass is 416 g/mol. The standard InChI is InChI=1S/C19H24N6O3S/c1-13(26)20-14-3-5-15(6-4-14)21-17(27)11-16-12-29-18(22-16)23-19(28)25-9-7-24(2)8-10-25/h3-6,12H,7-11H2,1-2H3,(H,20,26)(H,21,27)(H,22,23,28). The SMILES string of the molecule is CC(=O)Nc1ccc(NC(=O)Cc2csc(NC(=O)N3CCN(C)CC3)n2)cc1. The number of likely N-dealkylation sites (N-methyl/N-ethyl adjacent to an activating group) is 1. The maximum absolute atomic E-state index is 12.3. The molecule has 154 valence electrons. The van der Waals surface area contributed by atoms with E-state index in [1.807, 2.05) is 7.05 Å². The first-order valence-electron chi connectivity index (χ1n) is 9.25. The van der Waals surface area contributed by atoms with Crippen LogP contribution in [0.1, 0.15) is 12.6 Å². The molecule has 1 aromatic heterocycles. The number of aromatic nitrogens is 1. The van der Waals surface area contributed by atoms with Crippen LogP contribution in [0.5, 0.6) is 0 Å². The summed E-state index contributed by atoms with van der Waals surface area (Å²) in [4.78, 5) is 43.8. The third-order valence-electron chi connectivity index (χ3n) is 4.39. The van der Waals surface area contributed by atoms with Gasteiger partial charge in [0.05, 0.1) is 12.1 Å². The van der Waals surface area contributed by atoms with Crippen molar-refractivity contribution in [1.82, 2.24) is 14.8 Å². The lowest BCUT2D eigenvalue weighted by atomic mass is 10.2. The summed E-state index contributed by atoms with van der Waals surface area (Å²) >= 11 is 1.30. The van der Waals surface area contributed by atoms with E-state index < -0.39 is 0 Å². The molecule has 0 unspecified atom stereocenters. The lowest BCUT2D eigenvalue weighted by Crippen LogP contribution is -2.48. The molecule has 1 saturated heterocycles. The quantitative estimate of drug-likeness (QED) is 0.692. The van der Waals surface area contributed by atoms with Crippen LogP contribution in [0.4, 0.5) is 21.3 Å². The maximum atomic E-state index is 12.3. The van der Waals surface area contributed by atoms with Crippen molar-refractivity contribution in [1.29, 1.82) is 0 Å². The fourth-order valence-electron chi connectivity index (χ4n) is 2.84. The largest absolute Gasteiger partial charge is 0.326 e. The van der Waals surface area contributed by atoms with Gasteiger partial charge in [-0.25, -0.2) is 9.78 Å². The second kappa shape index (κ2) is 9.48. The van der Waals surface area contributed by atoms with E-state index in [0.717, 1.165) is 13.1 Å². The molecule has 1 fully saturated rings. The zero-order valence-corrected chi connectivity index (χ0v) is 17.2. The number of anilines is 3. The molecule has 9 nitrogen and oxygen atoms in total. The lowest BCUT2D eigenvalue weighted by Gasteiger charge is -2.32. The highest BCUT2D eigenvalue weighted by atomic mass is 32.1. The molecule has 1 aliphatic heterocycles. The Bertz CT molecular complexity index is 874. The van der Waals surface area contributed by atoms with Crippen LogP contribution in [0.2, 0.25) is 0 Å². The molecule has 0 radical (unpaired) electrons. The van der Waals surface area contributed by atoms with Gasteiger partial charge in [-0.15, -0.1) is 11.3 Å². The lowest BCUT2D eigenvalue weighted by molar-refractivity contribution is -0.116. The highest BCUT2D eigenvalue weighted by Gasteiger charge is 2.20. The molecular formula is C19H24N6O3S. The van der Waals surface area contributed by atoms with Crippen molar-refractivity contribution in [2.24, 2.45) is 0 Å². The Kier molecular flexibility index (Phi) is 6.78. The predicted octanol–water partition coefficient (Wildman–Crippen LogP) is 2.06. The predicted molar refractivity (Wildman–Crippen MR) is 113 cm³/mol. The second-order valence-corrected chi connectivity index (χ2v) is 7.71. The summed E-state index contributed by atoms with van der Waals surface area (Å²) < 4.78 is 0. The summed E-state index contributed by atoms with van der Waals surface area (Å²) in [6.45, 7) is 4.50. The van der Waals surface area contributed by atoms with Crippen LogP contribution < -0.4 is 16.0 Å². The van der Waals surface area contributed by atoms with E-state index in [0.29, 0.717) is 35.3 Å². The first-order valence-corrected chi connectivity index (χ1v) is 10.1. The van der Waals surface area contributed by atoms with Crippen molar-refractivity contribution in [3.63, 3.8) is 0 Å². The highest BCUT2D eigenvalue weighted by molar-refractivity contribution is 7.13. The Morgan fingerprint density at radius 1 is 1.00 bits per heavy atom. The van der Waals surface area contributed by atoms with Crippen LogP contribution in [-0.2, 0) is 16.0 Å². The average Bonchev–Trinajstić information content (AvgIpc) is 3.10. The number of benzene rings is 1. The zero-order chi connectivity index (χ0) is 20.8. The molecule has 0 bridgehead atoms. The summed E-state index contributed by atoms with van der Waals surface area (Å²) in [7, 11) is 2.03. The van der Waals surface area contributed by atoms with E-state index in [-0.39, 0.29) is 24.3 Å². The van der Waals surface area contributed by atoms with Crippen LogP contribution >= 0.6 is 11.3 Å². The van der Waals surface area contributed by atoms with Crippen LogP contribution in [0, 0.1) is 0 Å². The molecule has 1 aromatic carbocycles. The van der Waals surface area contributed by atoms with Crippen LogP contribution in [-0.4, -0.2) is 65.9 Å². The molecule has 2 aromatic rings. The minimum Gasteiger partial charge on any atom is -0.326 e. The minimum atomic E-state index is -0.209. The van der Waals surface area contributed by atoms with Gasteiger partial charge in [0.15, 0.2) is 5.13 Å². The Morgan fingerprint density at radius 3 is 2.24 bits per heavy atom. The van der Waals surface area contributed by atoms with E-state index in [2.05, 4.69) is 25.8 Å². The Labute approximate surface area is 173 Å². The first kappa shape index (κ1) is 20.7. The van der Waals surface area contributed by atoms with Crippen LogP contribution in [0.3, 0.4) is 0 Å². The smallest absolute Gasteiger partial charge is 0.323 e. The van der Waals surface area contributed by atoms with Gasteiger partial charge in [0, 0.05) is 49.9 Å². The molecular weight excluding hydrogens is 392 g/mol. The highest BCUT2D eigenvalue weighted by Crippen LogP contribution is 2.18. The van der Waals surface area contributed by atoms with Gasteiger partial charge in [-0.3, -0.25) is 14.9 Å². The summed E-state index contributed by atoms with van der Waals surface area (Å²) in [5.74, 6) is -0.361. The molecule has 10 heteroatoms. The van der Waals surface area contributed by atoms with Gasteiger partial charge in [0.25, 0.3) is 0 Å². The van der Waals surface area contributed by atoms with E-state index in [4.69, 9.17) is 0 Å². The number of thiazole rings is 1. The Morgan fingerprint density at radius 2 is 1.62 bits per heavy atom. The van der Waals surface area contributed by atoms with E-state index in [1.54, 1.807) is 34.5 Å². The van der Waals surface area contributed by atoms with Gasteiger partial charge in [0.1, 0.15) is 0 Å². The molecule has 0 spiro atoms. The van der Waals surface area contributed by atoms with Gasteiger partial charge in [0.2, 0.25) is 11.8 Å². The van der Waals surface area contributed by atoms with Crippen molar-refractivity contribution in [2.75, 3.05) is 49.2 Å². The summed E-state index contributed by atoms with van der Waals surface area (Å²) in [6, 6.07) is 6.69. The molecule has 0 aliphatic carbocycles. The number of amides is 4. The fourth-order valence-corrected chi connectivity index (χ4v) is 3.54. The molecule has 4 amide bonds. The Hall–Kier alpha value is -2.98. The average molecular weight is 417 g/mol. The van der Waals surface area contributed by atoms with E-state index in [1.165, 1.54) is 18.3 Å². The summed E-state index contributed by atoms with van der Waals surface area (Å²) in [5, 5.41) is 10.5. The number of carbonyl (C=O) groups is 3. The number of hydrogen-bond acceptors (Lipinski definition) is 6. The molecule has 1 aliphatic rings. The second-order valence-electron chi connectivity index (χ2n) is 6.85. The number of carbonyl (C=O) groups excluding carboxylic acids is 3. The van der Waals surface area contributed by atoms with Crippen molar-refractivity contribution in [3.8, 4) is 0 Å². The molecule has 0 atom stereocenters. The maximum Gasteiger partial charge on any atom is 0.323 e. The molecule has 3 N–H and O–H groups in total. The number of nitrogens with one attached hydrogen (secondary N) is 3. The van der Waals surface area contributed by atoms with Gasteiger partial charge in [-0.1, -0.05) is 0 Å². The number of piperazine rings is 1. The van der Waals surface area contributed by atoms with Crippen LogP contribution in [0.25, 0.3) is 0 Å². The number of urea groups is 1. The fraction of sp³-hybridized carbons (Fsp3) is 0.368. The van der Waals surface area contributed by atoms with Gasteiger partial charge >= 0.3 is 6.03 Å². The minimum absolute atomic E-state index is 0.105. The third kappa shape index (κ3) is 6.26. The normalized spacial score (nSPS) is 14.3. The number of nitrogens with zero attached hydrogens (tertiary/aromatic N) is 3. The molecule has 29 heavy (non-hydrogen) atoms. The first-order chi connectivity index (χ1) is 13.9. The third-order valence-corrected chi connectivity index (χ3v) is 5.19. The number of rotatable bonds is 5.